The molecule has 4 rings (SSSR count). The van der Waals surface area contributed by atoms with Crippen LogP contribution >= 0.6 is 0 Å². The van der Waals surface area contributed by atoms with Crippen molar-refractivity contribution in [3.8, 4) is 0 Å². The molecule has 12 heteroatoms. The fourth-order valence-corrected chi connectivity index (χ4v) is 5.16. The van der Waals surface area contributed by atoms with Gasteiger partial charge in [-0.2, -0.15) is 5.06 Å². The Morgan fingerprint density at radius 2 is 1.71 bits per heavy atom. The molecule has 1 aromatic rings. The second kappa shape index (κ2) is 13.3. The smallest absolute Gasteiger partial charge is 0.411 e. The molecule has 3 atom stereocenters. The van der Waals surface area contributed by atoms with Gasteiger partial charge in [0.2, 0.25) is 11.9 Å². The Bertz CT molecular complexity index is 1250. The number of hydroxylamine groups is 2. The van der Waals surface area contributed by atoms with Crippen molar-refractivity contribution in [3.63, 3.8) is 0 Å². The van der Waals surface area contributed by atoms with Crippen molar-refractivity contribution in [3.05, 3.63) is 47.5 Å². The van der Waals surface area contributed by atoms with Crippen molar-refractivity contribution in [1.82, 2.24) is 9.96 Å². The molecule has 3 amide bonds. The van der Waals surface area contributed by atoms with Gasteiger partial charge in [0.05, 0.1) is 11.8 Å². The molecule has 0 aliphatic carbocycles. The highest BCUT2D eigenvalue weighted by Crippen LogP contribution is 2.36. The van der Waals surface area contributed by atoms with Crippen LogP contribution in [0.5, 0.6) is 0 Å². The minimum atomic E-state index is -1.91. The van der Waals surface area contributed by atoms with Crippen LogP contribution in [0.1, 0.15) is 71.8 Å². The van der Waals surface area contributed by atoms with Crippen molar-refractivity contribution in [2.75, 3.05) is 6.61 Å². The molecule has 0 saturated carbocycles. The normalized spacial score (nSPS) is 21.5. The molecule has 2 fully saturated rings. The summed E-state index contributed by atoms with van der Waals surface area (Å²) in [5.41, 5.74) is 1.31. The third kappa shape index (κ3) is 7.61. The molecule has 226 valence electrons. The van der Waals surface area contributed by atoms with Crippen molar-refractivity contribution in [2.24, 2.45) is 5.16 Å². The lowest BCUT2D eigenvalue weighted by atomic mass is 9.97. The van der Waals surface area contributed by atoms with Gasteiger partial charge in [0, 0.05) is 18.9 Å². The first-order valence-corrected chi connectivity index (χ1v) is 14.1. The van der Waals surface area contributed by atoms with E-state index in [1.54, 1.807) is 42.2 Å². The Kier molecular flexibility index (Phi) is 9.77. The number of hydrogen-bond acceptors (Lipinski definition) is 10. The number of rotatable bonds is 10. The lowest BCUT2D eigenvalue weighted by Gasteiger charge is -2.32. The number of benzene rings is 1. The van der Waals surface area contributed by atoms with Crippen LogP contribution in [0.15, 0.2) is 47.1 Å². The van der Waals surface area contributed by atoms with E-state index < -0.39 is 41.9 Å². The minimum Gasteiger partial charge on any atom is -0.458 e. The number of esters is 1. The van der Waals surface area contributed by atoms with Gasteiger partial charge in [0.25, 0.3) is 11.8 Å². The Balaban J connectivity index is 1.43. The van der Waals surface area contributed by atoms with Gasteiger partial charge in [0.1, 0.15) is 12.2 Å². The summed E-state index contributed by atoms with van der Waals surface area (Å²) in [5, 5.41) is 4.53. The molecule has 42 heavy (non-hydrogen) atoms. The molecular formula is C30H37N3O9. The van der Waals surface area contributed by atoms with Gasteiger partial charge in [-0.3, -0.25) is 19.3 Å². The molecule has 2 bridgehead atoms. The zero-order valence-electron chi connectivity index (χ0n) is 24.4. The molecule has 3 heterocycles. The summed E-state index contributed by atoms with van der Waals surface area (Å²) in [6, 6.07) is 8.61. The van der Waals surface area contributed by atoms with Crippen molar-refractivity contribution in [2.45, 2.75) is 96.6 Å². The first-order valence-electron chi connectivity index (χ1n) is 14.1. The molecule has 1 aromatic carbocycles. The minimum absolute atomic E-state index is 0.0599. The molecular weight excluding hydrogens is 546 g/mol. The summed E-state index contributed by atoms with van der Waals surface area (Å²) in [4.78, 5) is 75.5. The third-order valence-corrected chi connectivity index (χ3v) is 7.10. The molecule has 3 aliphatic heterocycles. The van der Waals surface area contributed by atoms with E-state index in [0.717, 1.165) is 31.3 Å². The standard InChI is InChI=1S/C30H37N3O9/c1-19(22-12-8-11-21-13-14-23(22)32(21)29(38)41-30(2,3)4)31-40-18-24(34)27(42-33-25(35)15-16-26(33)36)28(37)39-17-20-9-6-5-7-10-20/h5-7,9-10,12,21,23,27H,8,11,13-18H2,1-4H3/b31-19+/t21?,23?,27-/m1/s1. The number of ketones is 1. The van der Waals surface area contributed by atoms with Crippen LogP contribution in [0.3, 0.4) is 0 Å². The Hall–Kier alpha value is -4.06. The van der Waals surface area contributed by atoms with Crippen LogP contribution in [0.4, 0.5) is 4.79 Å². The largest absolute Gasteiger partial charge is 0.458 e. The van der Waals surface area contributed by atoms with Gasteiger partial charge in [-0.25, -0.2) is 14.4 Å². The number of allylic oxidation sites excluding steroid dienone is 1. The van der Waals surface area contributed by atoms with E-state index in [4.69, 9.17) is 19.1 Å². The first kappa shape index (κ1) is 30.9. The number of imide groups is 1. The van der Waals surface area contributed by atoms with E-state index in [-0.39, 0.29) is 37.6 Å². The highest BCUT2D eigenvalue weighted by molar-refractivity contribution is 6.05. The van der Waals surface area contributed by atoms with Crippen LogP contribution in [0.2, 0.25) is 0 Å². The predicted molar refractivity (Wildman–Crippen MR) is 148 cm³/mol. The number of carbonyl (C=O) groups excluding carboxylic acids is 5. The zero-order chi connectivity index (χ0) is 30.4. The third-order valence-electron chi connectivity index (χ3n) is 7.10. The molecule has 12 nitrogen and oxygen atoms in total. The number of oxime groups is 1. The summed E-state index contributed by atoms with van der Waals surface area (Å²) in [7, 11) is 0. The number of ether oxygens (including phenoxy) is 2. The van der Waals surface area contributed by atoms with Crippen LogP contribution < -0.4 is 0 Å². The lowest BCUT2D eigenvalue weighted by molar-refractivity contribution is -0.210. The second-order valence-corrected chi connectivity index (χ2v) is 11.4. The van der Waals surface area contributed by atoms with Gasteiger partial charge in [-0.1, -0.05) is 41.6 Å². The van der Waals surface area contributed by atoms with Gasteiger partial charge in [-0.15, -0.1) is 0 Å². The summed E-state index contributed by atoms with van der Waals surface area (Å²) < 4.78 is 10.9. The first-order chi connectivity index (χ1) is 19.9. The van der Waals surface area contributed by atoms with E-state index in [1.807, 2.05) is 26.8 Å². The number of Topliss-reactive ketones (excluding diaryl/α,β-unsaturated/α-hetero) is 1. The van der Waals surface area contributed by atoms with Crippen LogP contribution in [0, 0.1) is 0 Å². The van der Waals surface area contributed by atoms with Crippen LogP contribution in [0.25, 0.3) is 0 Å². The summed E-state index contributed by atoms with van der Waals surface area (Å²) in [6.45, 7) is 6.35. The average Bonchev–Trinajstić information content (AvgIpc) is 3.42. The molecule has 2 saturated heterocycles. The SMILES string of the molecule is C/C(=N\OCC(=O)[C@@H](ON1C(=O)CCC1=O)C(=O)OCc1ccccc1)C1=CCCC2CCC1N2C(=O)OC(C)(C)C. The molecule has 3 aliphatic rings. The van der Waals surface area contributed by atoms with Crippen LogP contribution in [-0.2, 0) is 44.9 Å². The molecule has 0 N–H and O–H groups in total. The maximum atomic E-state index is 13.1. The Morgan fingerprint density at radius 1 is 1.02 bits per heavy atom. The molecule has 0 aromatic heterocycles. The number of fused-ring (bicyclic) bond motifs is 2. The highest BCUT2D eigenvalue weighted by Gasteiger charge is 2.43. The van der Waals surface area contributed by atoms with Crippen molar-refractivity contribution >= 4 is 35.4 Å². The maximum absolute atomic E-state index is 13.1. The lowest BCUT2D eigenvalue weighted by Crippen LogP contribution is -2.45. The quantitative estimate of drug-likeness (QED) is 0.133. The van der Waals surface area contributed by atoms with Gasteiger partial charge >= 0.3 is 12.1 Å². The summed E-state index contributed by atoms with van der Waals surface area (Å²) in [5.74, 6) is -3.28. The van der Waals surface area contributed by atoms with E-state index in [1.165, 1.54) is 0 Å². The second-order valence-electron chi connectivity index (χ2n) is 11.4. The fraction of sp³-hybridized carbons (Fsp3) is 0.533. The fourth-order valence-electron chi connectivity index (χ4n) is 5.16. The molecule has 2 unspecified atom stereocenters. The number of carbonyl (C=O) groups is 5. The summed E-state index contributed by atoms with van der Waals surface area (Å²) in [6.07, 6.45) is 2.66. The Labute approximate surface area is 244 Å². The number of hydrogen-bond donors (Lipinski definition) is 0. The monoisotopic (exact) mass is 583 g/mol. The topological polar surface area (TPSA) is 141 Å². The maximum Gasteiger partial charge on any atom is 0.411 e. The van der Waals surface area contributed by atoms with E-state index >= 15 is 0 Å². The molecule has 0 spiro atoms. The van der Waals surface area contributed by atoms with E-state index in [9.17, 15) is 24.0 Å². The van der Waals surface area contributed by atoms with Crippen molar-refractivity contribution < 1.29 is 43.1 Å². The van der Waals surface area contributed by atoms with E-state index in [0.29, 0.717) is 16.3 Å². The summed E-state index contributed by atoms with van der Waals surface area (Å²) >= 11 is 0. The van der Waals surface area contributed by atoms with Crippen molar-refractivity contribution in [1.29, 1.82) is 0 Å². The van der Waals surface area contributed by atoms with Gasteiger partial charge in [-0.05, 0) is 64.5 Å². The average molecular weight is 584 g/mol. The Morgan fingerprint density at radius 3 is 2.38 bits per heavy atom. The van der Waals surface area contributed by atoms with Crippen LogP contribution in [-0.4, -0.2) is 75.7 Å². The molecule has 0 radical (unpaired) electrons. The highest BCUT2D eigenvalue weighted by atomic mass is 16.7. The number of amides is 3. The number of nitrogens with zero attached hydrogens (tertiary/aromatic N) is 3. The zero-order valence-corrected chi connectivity index (χ0v) is 24.4. The van der Waals surface area contributed by atoms with Gasteiger partial charge in [0.15, 0.2) is 6.61 Å². The van der Waals surface area contributed by atoms with Gasteiger partial charge < -0.3 is 14.3 Å². The predicted octanol–water partition coefficient (Wildman–Crippen LogP) is 3.63. The van der Waals surface area contributed by atoms with E-state index in [2.05, 4.69) is 5.16 Å².